The molecule has 0 atom stereocenters. The number of alkyl halides is 1. The standard InChI is InChI=1S/C15H14Cl2O2/c1-18-15-7-4-13(17)8-12(15)10-19-14-5-2-11(9-16)3-6-14/h2-8H,9-10H2,1H3. The third kappa shape index (κ3) is 3.79. The van der Waals surface area contributed by atoms with E-state index in [-0.39, 0.29) is 0 Å². The molecule has 0 spiro atoms. The molecule has 0 radical (unpaired) electrons. The van der Waals surface area contributed by atoms with Crippen molar-refractivity contribution in [2.75, 3.05) is 7.11 Å². The van der Waals surface area contributed by atoms with Gasteiger partial charge < -0.3 is 9.47 Å². The summed E-state index contributed by atoms with van der Waals surface area (Å²) in [5, 5.41) is 0.664. The minimum absolute atomic E-state index is 0.407. The first kappa shape index (κ1) is 14.0. The number of ether oxygens (including phenoxy) is 2. The average Bonchev–Trinajstić information content (AvgIpc) is 2.46. The van der Waals surface area contributed by atoms with Gasteiger partial charge in [0.15, 0.2) is 0 Å². The van der Waals surface area contributed by atoms with Gasteiger partial charge in [-0.25, -0.2) is 0 Å². The third-order valence-corrected chi connectivity index (χ3v) is 3.26. The first-order valence-electron chi connectivity index (χ1n) is 5.83. The average molecular weight is 297 g/mol. The SMILES string of the molecule is COc1ccc(Cl)cc1COc1ccc(CCl)cc1. The first-order valence-corrected chi connectivity index (χ1v) is 6.74. The highest BCUT2D eigenvalue weighted by Gasteiger charge is 2.05. The van der Waals surface area contributed by atoms with Crippen LogP contribution in [0.2, 0.25) is 5.02 Å². The Hall–Kier alpha value is -1.38. The molecule has 0 unspecified atom stereocenters. The minimum atomic E-state index is 0.407. The van der Waals surface area contributed by atoms with E-state index in [1.807, 2.05) is 36.4 Å². The fraction of sp³-hybridized carbons (Fsp3) is 0.200. The molecule has 4 heteroatoms. The largest absolute Gasteiger partial charge is 0.496 e. The van der Waals surface area contributed by atoms with E-state index < -0.39 is 0 Å². The van der Waals surface area contributed by atoms with E-state index in [0.29, 0.717) is 17.5 Å². The van der Waals surface area contributed by atoms with Crippen molar-refractivity contribution in [2.45, 2.75) is 12.5 Å². The molecule has 0 aliphatic rings. The van der Waals surface area contributed by atoms with Crippen LogP contribution in [0.5, 0.6) is 11.5 Å². The molecule has 0 heterocycles. The van der Waals surface area contributed by atoms with Gasteiger partial charge >= 0.3 is 0 Å². The van der Waals surface area contributed by atoms with Crippen molar-refractivity contribution in [3.8, 4) is 11.5 Å². The highest BCUT2D eigenvalue weighted by atomic mass is 35.5. The molecule has 0 fully saturated rings. The van der Waals surface area contributed by atoms with Gasteiger partial charge in [-0.05, 0) is 35.9 Å². The van der Waals surface area contributed by atoms with Crippen molar-refractivity contribution in [3.63, 3.8) is 0 Å². The van der Waals surface area contributed by atoms with E-state index in [0.717, 1.165) is 22.6 Å². The second-order valence-electron chi connectivity index (χ2n) is 4.02. The molecule has 2 rings (SSSR count). The summed E-state index contributed by atoms with van der Waals surface area (Å²) >= 11 is 11.7. The Bertz CT molecular complexity index is 538. The maximum atomic E-state index is 5.97. The van der Waals surface area contributed by atoms with Crippen LogP contribution in [-0.4, -0.2) is 7.11 Å². The van der Waals surface area contributed by atoms with E-state index in [1.54, 1.807) is 13.2 Å². The minimum Gasteiger partial charge on any atom is -0.496 e. The van der Waals surface area contributed by atoms with Crippen LogP contribution in [0.25, 0.3) is 0 Å². The van der Waals surface area contributed by atoms with Gasteiger partial charge in [-0.3, -0.25) is 0 Å². The number of rotatable bonds is 5. The van der Waals surface area contributed by atoms with E-state index >= 15 is 0 Å². The molecule has 2 aromatic rings. The predicted molar refractivity (Wildman–Crippen MR) is 78.3 cm³/mol. The molecule has 0 aliphatic carbocycles. The molecule has 0 N–H and O–H groups in total. The Kier molecular flexibility index (Phi) is 4.94. The summed E-state index contributed by atoms with van der Waals surface area (Å²) in [6.07, 6.45) is 0. The number of halogens is 2. The second kappa shape index (κ2) is 6.69. The lowest BCUT2D eigenvalue weighted by molar-refractivity contribution is 0.296. The first-order chi connectivity index (χ1) is 9.22. The Morgan fingerprint density at radius 3 is 2.42 bits per heavy atom. The van der Waals surface area contributed by atoms with Crippen LogP contribution >= 0.6 is 23.2 Å². The molecule has 0 bridgehead atoms. The van der Waals surface area contributed by atoms with E-state index in [2.05, 4.69) is 0 Å². The summed E-state index contributed by atoms with van der Waals surface area (Å²) in [5.41, 5.74) is 1.98. The van der Waals surface area contributed by atoms with Gasteiger partial charge in [-0.15, -0.1) is 11.6 Å². The number of hydrogen-bond donors (Lipinski definition) is 0. The maximum absolute atomic E-state index is 5.97. The van der Waals surface area contributed by atoms with Gasteiger partial charge in [0.1, 0.15) is 18.1 Å². The second-order valence-corrected chi connectivity index (χ2v) is 4.73. The van der Waals surface area contributed by atoms with Gasteiger partial charge in [0, 0.05) is 16.5 Å². The van der Waals surface area contributed by atoms with Crippen LogP contribution in [0.1, 0.15) is 11.1 Å². The molecule has 0 amide bonds. The monoisotopic (exact) mass is 296 g/mol. The fourth-order valence-electron chi connectivity index (χ4n) is 1.70. The molecule has 2 aromatic carbocycles. The predicted octanol–water partition coefficient (Wildman–Crippen LogP) is 4.67. The van der Waals surface area contributed by atoms with Crippen LogP contribution in [0.3, 0.4) is 0 Å². The van der Waals surface area contributed by atoms with Crippen LogP contribution < -0.4 is 9.47 Å². The molecule has 0 aromatic heterocycles. The van der Waals surface area contributed by atoms with Crippen molar-refractivity contribution in [2.24, 2.45) is 0 Å². The van der Waals surface area contributed by atoms with Gasteiger partial charge in [0.25, 0.3) is 0 Å². The summed E-state index contributed by atoms with van der Waals surface area (Å²) in [6.45, 7) is 0.407. The van der Waals surface area contributed by atoms with Gasteiger partial charge in [-0.1, -0.05) is 23.7 Å². The molecule has 19 heavy (non-hydrogen) atoms. The summed E-state index contributed by atoms with van der Waals surface area (Å²) in [7, 11) is 1.63. The van der Waals surface area contributed by atoms with Gasteiger partial charge in [0.2, 0.25) is 0 Å². The Balaban J connectivity index is 2.07. The quantitative estimate of drug-likeness (QED) is 0.747. The van der Waals surface area contributed by atoms with E-state index in [9.17, 15) is 0 Å². The molecule has 0 saturated carbocycles. The van der Waals surface area contributed by atoms with Crippen molar-refractivity contribution in [1.82, 2.24) is 0 Å². The Labute approximate surface area is 122 Å². The fourth-order valence-corrected chi connectivity index (χ4v) is 2.07. The molecule has 2 nitrogen and oxygen atoms in total. The molecular formula is C15H14Cl2O2. The zero-order valence-electron chi connectivity index (χ0n) is 10.5. The zero-order valence-corrected chi connectivity index (χ0v) is 12.0. The normalized spacial score (nSPS) is 10.3. The van der Waals surface area contributed by atoms with Gasteiger partial charge in [0.05, 0.1) is 7.11 Å². The zero-order chi connectivity index (χ0) is 13.7. The summed E-state index contributed by atoms with van der Waals surface area (Å²) in [5.74, 6) is 2.06. The number of hydrogen-bond acceptors (Lipinski definition) is 2. The van der Waals surface area contributed by atoms with Crippen molar-refractivity contribution in [1.29, 1.82) is 0 Å². The third-order valence-electron chi connectivity index (χ3n) is 2.71. The van der Waals surface area contributed by atoms with Gasteiger partial charge in [-0.2, -0.15) is 0 Å². The van der Waals surface area contributed by atoms with Crippen LogP contribution in [0.15, 0.2) is 42.5 Å². The maximum Gasteiger partial charge on any atom is 0.125 e. The topological polar surface area (TPSA) is 18.5 Å². The lowest BCUT2D eigenvalue weighted by Gasteiger charge is -2.11. The molecular weight excluding hydrogens is 283 g/mol. The highest BCUT2D eigenvalue weighted by Crippen LogP contribution is 2.24. The Morgan fingerprint density at radius 1 is 1.05 bits per heavy atom. The smallest absolute Gasteiger partial charge is 0.125 e. The lowest BCUT2D eigenvalue weighted by atomic mass is 10.2. The summed E-state index contributed by atoms with van der Waals surface area (Å²) in [4.78, 5) is 0. The number of benzene rings is 2. The summed E-state index contributed by atoms with van der Waals surface area (Å²) < 4.78 is 11.0. The Morgan fingerprint density at radius 2 is 1.79 bits per heavy atom. The summed E-state index contributed by atoms with van der Waals surface area (Å²) in [6, 6.07) is 13.1. The number of methoxy groups -OCH3 is 1. The van der Waals surface area contributed by atoms with Crippen LogP contribution in [-0.2, 0) is 12.5 Å². The molecule has 0 saturated heterocycles. The molecule has 0 aliphatic heterocycles. The lowest BCUT2D eigenvalue weighted by Crippen LogP contribution is -1.98. The van der Waals surface area contributed by atoms with Crippen molar-refractivity contribution < 1.29 is 9.47 Å². The van der Waals surface area contributed by atoms with Crippen LogP contribution in [0.4, 0.5) is 0 Å². The van der Waals surface area contributed by atoms with E-state index in [4.69, 9.17) is 32.7 Å². The van der Waals surface area contributed by atoms with Crippen molar-refractivity contribution in [3.05, 3.63) is 58.6 Å². The van der Waals surface area contributed by atoms with Crippen molar-refractivity contribution >= 4 is 23.2 Å². The van der Waals surface area contributed by atoms with Crippen LogP contribution in [0, 0.1) is 0 Å². The highest BCUT2D eigenvalue weighted by molar-refractivity contribution is 6.30. The molecule has 100 valence electrons. The van der Waals surface area contributed by atoms with E-state index in [1.165, 1.54) is 0 Å².